The van der Waals surface area contributed by atoms with Crippen molar-refractivity contribution in [3.63, 3.8) is 0 Å². The third-order valence-electron chi connectivity index (χ3n) is 0.823. The second kappa shape index (κ2) is 3.65. The van der Waals surface area contributed by atoms with Gasteiger partial charge in [-0.3, -0.25) is 0 Å². The lowest BCUT2D eigenvalue weighted by molar-refractivity contribution is -0.121. The van der Waals surface area contributed by atoms with Gasteiger partial charge in [-0.1, -0.05) is 0 Å². The van der Waals surface area contributed by atoms with Crippen molar-refractivity contribution in [2.45, 2.75) is 11.8 Å². The Morgan fingerprint density at radius 3 is 2.18 bits per heavy atom. The van der Waals surface area contributed by atoms with E-state index in [-0.39, 0.29) is 0 Å². The molecule has 0 fully saturated rings. The van der Waals surface area contributed by atoms with Crippen LogP contribution in [-0.4, -0.2) is 18.9 Å². The summed E-state index contributed by atoms with van der Waals surface area (Å²) in [5.41, 5.74) is -2.53. The summed E-state index contributed by atoms with van der Waals surface area (Å²) in [6.45, 7) is 0. The Hall–Kier alpha value is -0.660. The highest BCUT2D eigenvalue weighted by Gasteiger charge is 2.55. The Bertz CT molecular complexity index is 196. The predicted molar refractivity (Wildman–Crippen MR) is 30.1 cm³/mol. The maximum absolute atomic E-state index is 11.7. The molecule has 0 saturated carbocycles. The molecule has 0 aliphatic heterocycles. The molecule has 0 aromatic rings. The van der Waals surface area contributed by atoms with E-state index >= 15 is 0 Å². The number of hydrogen-bond donors (Lipinski definition) is 0. The molecule has 7 heteroatoms. The van der Waals surface area contributed by atoms with E-state index in [1.807, 2.05) is 0 Å². The fourth-order valence-corrected chi connectivity index (χ4v) is 0.889. The van der Waals surface area contributed by atoms with Gasteiger partial charge in [0.25, 0.3) is 0 Å². The van der Waals surface area contributed by atoms with Crippen molar-refractivity contribution in [1.29, 1.82) is 5.26 Å². The van der Waals surface area contributed by atoms with Crippen LogP contribution in [0.5, 0.6) is 0 Å². The van der Waals surface area contributed by atoms with Gasteiger partial charge in [-0.05, 0) is 4.57 Å². The Morgan fingerprint density at radius 2 is 2.09 bits per heavy atom. The van der Waals surface area contributed by atoms with Crippen LogP contribution >= 0.6 is 8.03 Å². The first-order chi connectivity index (χ1) is 4.93. The zero-order valence-corrected chi connectivity index (χ0v) is 6.32. The van der Waals surface area contributed by atoms with E-state index in [1.54, 1.807) is 0 Å². The van der Waals surface area contributed by atoms with E-state index in [1.165, 1.54) is 0 Å². The van der Waals surface area contributed by atoms with E-state index in [0.29, 0.717) is 0 Å². The van der Waals surface area contributed by atoms with Gasteiger partial charge in [-0.25, -0.2) is 0 Å². The molecular formula is C4H4F3NO2P+. The van der Waals surface area contributed by atoms with Crippen LogP contribution in [-0.2, 0) is 9.09 Å². The predicted octanol–water partition coefficient (Wildman–Crippen LogP) is 1.83. The molecule has 2 unspecified atom stereocenters. The van der Waals surface area contributed by atoms with Crippen LogP contribution in [0.2, 0.25) is 0 Å². The summed E-state index contributed by atoms with van der Waals surface area (Å²) in [6.07, 6.45) is -4.78. The highest BCUT2D eigenvalue weighted by Crippen LogP contribution is 2.39. The Morgan fingerprint density at radius 1 is 1.64 bits per heavy atom. The van der Waals surface area contributed by atoms with E-state index < -0.39 is 19.9 Å². The summed E-state index contributed by atoms with van der Waals surface area (Å²) in [7, 11) is -2.11. The third-order valence-corrected chi connectivity index (χ3v) is 2.01. The van der Waals surface area contributed by atoms with E-state index in [4.69, 9.17) is 5.26 Å². The summed E-state index contributed by atoms with van der Waals surface area (Å²) >= 11 is 0. The van der Waals surface area contributed by atoms with Gasteiger partial charge in [0.15, 0.2) is 0 Å². The zero-order chi connectivity index (χ0) is 9.07. The third kappa shape index (κ3) is 2.83. The number of hydrogen-bond acceptors (Lipinski definition) is 3. The largest absolute Gasteiger partial charge is 0.536 e. The molecule has 0 aliphatic carbocycles. The smallest absolute Gasteiger partial charge is 0.193 e. The molecule has 62 valence electrons. The van der Waals surface area contributed by atoms with Gasteiger partial charge < -0.3 is 0 Å². The highest BCUT2D eigenvalue weighted by molar-refractivity contribution is 7.40. The average Bonchev–Trinajstić information content (AvgIpc) is 1.86. The second-order valence-electron chi connectivity index (χ2n) is 1.54. The molecule has 0 aromatic heterocycles. The first-order valence-electron chi connectivity index (χ1n) is 2.40. The molecule has 0 N–H and O–H groups in total. The van der Waals surface area contributed by atoms with Gasteiger partial charge in [0.2, 0.25) is 0 Å². The summed E-state index contributed by atoms with van der Waals surface area (Å²) in [5, 5.41) is 7.93. The van der Waals surface area contributed by atoms with Crippen LogP contribution in [0.3, 0.4) is 0 Å². The molecule has 0 radical (unpaired) electrons. The molecule has 2 atom stereocenters. The van der Waals surface area contributed by atoms with E-state index in [2.05, 4.69) is 4.52 Å². The standard InChI is InChI=1S/C4H4F3NO2P/c1-10-11(9)3(2-8)4(5,6)7/h3H,1H3/q+1. The number of halogens is 3. The van der Waals surface area contributed by atoms with Crippen molar-refractivity contribution in [2.24, 2.45) is 0 Å². The fraction of sp³-hybridized carbons (Fsp3) is 0.750. The van der Waals surface area contributed by atoms with Gasteiger partial charge in [-0.2, -0.15) is 18.4 Å². The molecular weight excluding hydrogens is 182 g/mol. The monoisotopic (exact) mass is 186 g/mol. The Labute approximate surface area is 61.6 Å². The minimum Gasteiger partial charge on any atom is -0.193 e. The normalized spacial score (nSPS) is 15.4. The summed E-state index contributed by atoms with van der Waals surface area (Å²) < 4.78 is 49.3. The van der Waals surface area contributed by atoms with Crippen molar-refractivity contribution in [3.8, 4) is 6.07 Å². The second-order valence-corrected chi connectivity index (χ2v) is 2.99. The fourth-order valence-electron chi connectivity index (χ4n) is 0.345. The van der Waals surface area contributed by atoms with Gasteiger partial charge in [0.05, 0.1) is 7.11 Å². The Balaban J connectivity index is 4.45. The molecule has 3 nitrogen and oxygen atoms in total. The minimum atomic E-state index is -4.78. The van der Waals surface area contributed by atoms with Gasteiger partial charge in [0.1, 0.15) is 6.07 Å². The topological polar surface area (TPSA) is 50.1 Å². The maximum Gasteiger partial charge on any atom is 0.536 e. The van der Waals surface area contributed by atoms with Crippen molar-refractivity contribution in [2.75, 3.05) is 7.11 Å². The highest BCUT2D eigenvalue weighted by atomic mass is 31.1. The van der Waals surface area contributed by atoms with Crippen LogP contribution in [0.25, 0.3) is 0 Å². The summed E-state index contributed by atoms with van der Waals surface area (Å²) in [6, 6.07) is 0.859. The Kier molecular flexibility index (Phi) is 3.43. The van der Waals surface area contributed by atoms with Crippen molar-refractivity contribution >= 4 is 8.03 Å². The van der Waals surface area contributed by atoms with Crippen LogP contribution in [0, 0.1) is 11.3 Å². The lowest BCUT2D eigenvalue weighted by Crippen LogP contribution is -2.23. The number of nitriles is 1. The van der Waals surface area contributed by atoms with E-state index in [0.717, 1.165) is 13.2 Å². The van der Waals surface area contributed by atoms with Crippen LogP contribution in [0.15, 0.2) is 0 Å². The summed E-state index contributed by atoms with van der Waals surface area (Å²) in [4.78, 5) is 0. The SMILES string of the molecule is CO[P+](=O)C(C#N)C(F)(F)F. The van der Waals surface area contributed by atoms with E-state index in [9.17, 15) is 17.7 Å². The quantitative estimate of drug-likeness (QED) is 0.618. The maximum atomic E-state index is 11.7. The lowest BCUT2D eigenvalue weighted by atomic mass is 10.5. The molecule has 0 saturated heterocycles. The van der Waals surface area contributed by atoms with Gasteiger partial charge >= 0.3 is 19.9 Å². The molecule has 0 aromatic carbocycles. The molecule has 11 heavy (non-hydrogen) atoms. The first kappa shape index (κ1) is 10.3. The van der Waals surface area contributed by atoms with Crippen molar-refractivity contribution < 1.29 is 22.3 Å². The molecule has 0 heterocycles. The van der Waals surface area contributed by atoms with Crippen molar-refractivity contribution in [3.05, 3.63) is 0 Å². The summed E-state index contributed by atoms with van der Waals surface area (Å²) in [5.74, 6) is 0. The molecule has 0 amide bonds. The molecule has 0 bridgehead atoms. The van der Waals surface area contributed by atoms with Gasteiger partial charge in [0, 0.05) is 0 Å². The van der Waals surface area contributed by atoms with Crippen LogP contribution < -0.4 is 0 Å². The molecule has 0 spiro atoms. The molecule has 0 aliphatic rings. The van der Waals surface area contributed by atoms with Gasteiger partial charge in [-0.15, -0.1) is 4.52 Å². The number of rotatable bonds is 2. The van der Waals surface area contributed by atoms with Crippen LogP contribution in [0.4, 0.5) is 13.2 Å². The number of alkyl halides is 3. The first-order valence-corrected chi connectivity index (χ1v) is 3.65. The number of nitrogens with zero attached hydrogens (tertiary/aromatic N) is 1. The lowest BCUT2D eigenvalue weighted by Gasteiger charge is -2.00. The molecule has 0 rings (SSSR count). The minimum absolute atomic E-state index is 0.856. The van der Waals surface area contributed by atoms with Crippen molar-refractivity contribution in [1.82, 2.24) is 0 Å². The van der Waals surface area contributed by atoms with Crippen LogP contribution in [0.1, 0.15) is 0 Å². The average molecular weight is 186 g/mol. The zero-order valence-electron chi connectivity index (χ0n) is 5.42.